The number of amides is 1. The number of benzene rings is 1. The molecule has 0 saturated heterocycles. The van der Waals surface area contributed by atoms with Gasteiger partial charge in [-0.2, -0.15) is 5.10 Å². The van der Waals surface area contributed by atoms with Crippen LogP contribution >= 0.6 is 0 Å². The molecule has 6 heteroatoms. The van der Waals surface area contributed by atoms with Crippen molar-refractivity contribution in [2.24, 2.45) is 0 Å². The molecule has 1 aliphatic carbocycles. The van der Waals surface area contributed by atoms with Gasteiger partial charge in [-0.25, -0.2) is 9.07 Å². The number of nitrogens with one attached hydrogen (secondary N) is 1. The summed E-state index contributed by atoms with van der Waals surface area (Å²) >= 11 is 0. The number of carbonyl (C=O) groups excluding carboxylic acids is 1. The van der Waals surface area contributed by atoms with E-state index in [0.29, 0.717) is 11.4 Å². The van der Waals surface area contributed by atoms with Crippen LogP contribution in [0.2, 0.25) is 0 Å². The largest absolute Gasteiger partial charge is 0.320 e. The van der Waals surface area contributed by atoms with Crippen molar-refractivity contribution in [1.29, 1.82) is 0 Å². The summed E-state index contributed by atoms with van der Waals surface area (Å²) in [6, 6.07) is 9.60. The van der Waals surface area contributed by atoms with Gasteiger partial charge in [-0.15, -0.1) is 0 Å². The predicted molar refractivity (Wildman–Crippen MR) is 87.7 cm³/mol. The Morgan fingerprint density at radius 2 is 1.83 bits per heavy atom. The summed E-state index contributed by atoms with van der Waals surface area (Å²) in [5.74, 6) is -0.529. The van der Waals surface area contributed by atoms with Gasteiger partial charge >= 0.3 is 0 Å². The topological polar surface area (TPSA) is 59.8 Å². The fourth-order valence-electron chi connectivity index (χ4n) is 3.04. The Morgan fingerprint density at radius 1 is 1.08 bits per heavy atom. The number of hydrogen-bond donors (Lipinski definition) is 1. The van der Waals surface area contributed by atoms with Gasteiger partial charge in [0, 0.05) is 29.3 Å². The molecule has 0 bridgehead atoms. The molecule has 1 N–H and O–H groups in total. The average Bonchev–Trinajstić information content (AvgIpc) is 3.19. The second-order valence-corrected chi connectivity index (χ2v) is 5.71. The highest BCUT2D eigenvalue weighted by atomic mass is 19.1. The predicted octanol–water partition coefficient (Wildman–Crippen LogP) is 3.15. The SMILES string of the molecule is O=C(Nc1ccncc1)c1nn(-c2ccc(F)cc2)c2c1CCC2. The smallest absolute Gasteiger partial charge is 0.276 e. The molecule has 24 heavy (non-hydrogen) atoms. The van der Waals surface area contributed by atoms with Crippen LogP contribution in [0.4, 0.5) is 10.1 Å². The van der Waals surface area contributed by atoms with E-state index in [2.05, 4.69) is 15.4 Å². The molecular weight excluding hydrogens is 307 g/mol. The van der Waals surface area contributed by atoms with E-state index >= 15 is 0 Å². The molecule has 120 valence electrons. The molecule has 0 aliphatic heterocycles. The zero-order chi connectivity index (χ0) is 16.5. The molecule has 0 saturated carbocycles. The van der Waals surface area contributed by atoms with Gasteiger partial charge in [0.25, 0.3) is 5.91 Å². The van der Waals surface area contributed by atoms with Crippen LogP contribution in [0.5, 0.6) is 0 Å². The molecule has 0 radical (unpaired) electrons. The molecule has 3 aromatic rings. The van der Waals surface area contributed by atoms with Crippen molar-refractivity contribution in [2.75, 3.05) is 5.32 Å². The standard InChI is InChI=1S/C18H15FN4O/c19-12-4-6-14(7-5-12)23-16-3-1-2-15(16)17(22-23)18(24)21-13-8-10-20-11-9-13/h4-11H,1-3H2,(H,20,21,24). The molecule has 4 rings (SSSR count). The first kappa shape index (κ1) is 14.6. The maximum atomic E-state index is 13.2. The van der Waals surface area contributed by atoms with E-state index in [9.17, 15) is 9.18 Å². The summed E-state index contributed by atoms with van der Waals surface area (Å²) in [6.45, 7) is 0. The zero-order valence-corrected chi connectivity index (χ0v) is 12.9. The molecule has 0 spiro atoms. The first-order valence-electron chi connectivity index (χ1n) is 7.80. The van der Waals surface area contributed by atoms with E-state index in [-0.39, 0.29) is 11.7 Å². The third-order valence-corrected chi connectivity index (χ3v) is 4.15. The van der Waals surface area contributed by atoms with E-state index < -0.39 is 0 Å². The lowest BCUT2D eigenvalue weighted by molar-refractivity contribution is 0.102. The lowest BCUT2D eigenvalue weighted by Crippen LogP contribution is -2.15. The van der Waals surface area contributed by atoms with Gasteiger partial charge in [0.2, 0.25) is 0 Å². The van der Waals surface area contributed by atoms with Gasteiger partial charge < -0.3 is 5.32 Å². The van der Waals surface area contributed by atoms with Crippen LogP contribution in [0.3, 0.4) is 0 Å². The lowest BCUT2D eigenvalue weighted by Gasteiger charge is -2.05. The Balaban J connectivity index is 1.71. The van der Waals surface area contributed by atoms with E-state index in [1.54, 1.807) is 41.3 Å². The summed E-state index contributed by atoms with van der Waals surface area (Å²) in [5, 5.41) is 7.34. The zero-order valence-electron chi connectivity index (χ0n) is 12.9. The van der Waals surface area contributed by atoms with Crippen molar-refractivity contribution >= 4 is 11.6 Å². The minimum Gasteiger partial charge on any atom is -0.320 e. The molecule has 0 atom stereocenters. The van der Waals surface area contributed by atoms with Gasteiger partial charge in [0.15, 0.2) is 5.69 Å². The van der Waals surface area contributed by atoms with Crippen molar-refractivity contribution in [3.05, 3.63) is 71.6 Å². The van der Waals surface area contributed by atoms with E-state index in [4.69, 9.17) is 0 Å². The highest BCUT2D eigenvalue weighted by Crippen LogP contribution is 2.28. The fraction of sp³-hybridized carbons (Fsp3) is 0.167. The van der Waals surface area contributed by atoms with E-state index in [1.165, 1.54) is 12.1 Å². The molecule has 5 nitrogen and oxygen atoms in total. The number of carbonyl (C=O) groups is 1. The van der Waals surface area contributed by atoms with Gasteiger partial charge in [0.05, 0.1) is 5.69 Å². The monoisotopic (exact) mass is 322 g/mol. The molecule has 2 aromatic heterocycles. The Bertz CT molecular complexity index is 887. The molecule has 1 amide bonds. The quantitative estimate of drug-likeness (QED) is 0.806. The number of aromatic nitrogens is 3. The summed E-state index contributed by atoms with van der Waals surface area (Å²) < 4.78 is 14.9. The molecule has 1 aromatic carbocycles. The van der Waals surface area contributed by atoms with Gasteiger partial charge in [0.1, 0.15) is 5.82 Å². The van der Waals surface area contributed by atoms with Crippen LogP contribution in [0.25, 0.3) is 5.69 Å². The summed E-state index contributed by atoms with van der Waals surface area (Å²) in [7, 11) is 0. The Morgan fingerprint density at radius 3 is 2.58 bits per heavy atom. The van der Waals surface area contributed by atoms with Crippen molar-refractivity contribution in [2.45, 2.75) is 19.3 Å². The van der Waals surface area contributed by atoms with Gasteiger partial charge in [-0.05, 0) is 55.7 Å². The van der Waals surface area contributed by atoms with Crippen LogP contribution in [-0.2, 0) is 12.8 Å². The van der Waals surface area contributed by atoms with Gasteiger partial charge in [-0.3, -0.25) is 9.78 Å². The minimum atomic E-state index is -0.293. The normalized spacial score (nSPS) is 12.9. The highest BCUT2D eigenvalue weighted by Gasteiger charge is 2.27. The second kappa shape index (κ2) is 5.88. The molecule has 0 unspecified atom stereocenters. The van der Waals surface area contributed by atoms with E-state index in [0.717, 1.165) is 36.2 Å². The highest BCUT2D eigenvalue weighted by molar-refractivity contribution is 6.04. The number of pyridine rings is 1. The van der Waals surface area contributed by atoms with Crippen LogP contribution < -0.4 is 5.32 Å². The van der Waals surface area contributed by atoms with Crippen LogP contribution in [-0.4, -0.2) is 20.7 Å². The Hall–Kier alpha value is -3.02. The summed E-state index contributed by atoms with van der Waals surface area (Å²) in [5.41, 5.74) is 3.88. The third-order valence-electron chi connectivity index (χ3n) is 4.15. The number of anilines is 1. The lowest BCUT2D eigenvalue weighted by atomic mass is 10.2. The van der Waals surface area contributed by atoms with E-state index in [1.807, 2.05) is 0 Å². The number of fused-ring (bicyclic) bond motifs is 1. The molecule has 0 fully saturated rings. The average molecular weight is 322 g/mol. The second-order valence-electron chi connectivity index (χ2n) is 5.71. The molecular formula is C18H15FN4O. The number of hydrogen-bond acceptors (Lipinski definition) is 3. The van der Waals surface area contributed by atoms with Crippen molar-refractivity contribution < 1.29 is 9.18 Å². The number of halogens is 1. The maximum absolute atomic E-state index is 13.2. The van der Waals surface area contributed by atoms with Crippen LogP contribution in [0.1, 0.15) is 28.2 Å². The van der Waals surface area contributed by atoms with Crippen molar-refractivity contribution in [1.82, 2.24) is 14.8 Å². The molecule has 2 heterocycles. The van der Waals surface area contributed by atoms with Crippen LogP contribution in [0, 0.1) is 5.82 Å². The van der Waals surface area contributed by atoms with Crippen molar-refractivity contribution in [3.8, 4) is 5.69 Å². The van der Waals surface area contributed by atoms with Crippen LogP contribution in [0.15, 0.2) is 48.8 Å². The summed E-state index contributed by atoms with van der Waals surface area (Å²) in [6.07, 6.45) is 5.93. The Labute approximate surface area is 138 Å². The molecule has 1 aliphatic rings. The first-order chi connectivity index (χ1) is 11.7. The number of rotatable bonds is 3. The summed E-state index contributed by atoms with van der Waals surface area (Å²) in [4.78, 5) is 16.5. The van der Waals surface area contributed by atoms with Crippen molar-refractivity contribution in [3.63, 3.8) is 0 Å². The third kappa shape index (κ3) is 2.56. The first-order valence-corrected chi connectivity index (χ1v) is 7.80. The fourth-order valence-corrected chi connectivity index (χ4v) is 3.04. The number of nitrogens with zero attached hydrogens (tertiary/aromatic N) is 3. The van der Waals surface area contributed by atoms with Gasteiger partial charge in [-0.1, -0.05) is 0 Å². The Kier molecular flexibility index (Phi) is 3.57. The maximum Gasteiger partial charge on any atom is 0.276 e. The minimum absolute atomic E-state index is 0.236.